The molecule has 3 rings (SSSR count). The zero-order valence-electron chi connectivity index (χ0n) is 15.5. The molecular formula is C18H31N5O2. The second kappa shape index (κ2) is 8.67. The monoisotopic (exact) mass is 349 g/mol. The van der Waals surface area contributed by atoms with Gasteiger partial charge >= 0.3 is 6.03 Å². The van der Waals surface area contributed by atoms with Gasteiger partial charge in [-0.05, 0) is 39.3 Å². The van der Waals surface area contributed by atoms with Crippen LogP contribution in [0.15, 0.2) is 6.07 Å². The number of hydrogen-bond acceptors (Lipinski definition) is 4. The van der Waals surface area contributed by atoms with Gasteiger partial charge in [0.05, 0.1) is 31.0 Å². The van der Waals surface area contributed by atoms with E-state index >= 15 is 0 Å². The average Bonchev–Trinajstić information content (AvgIpc) is 3.20. The molecule has 0 radical (unpaired) electrons. The summed E-state index contributed by atoms with van der Waals surface area (Å²) in [6, 6.07) is 2.09. The Morgan fingerprint density at radius 2 is 2.12 bits per heavy atom. The van der Waals surface area contributed by atoms with Crippen LogP contribution in [-0.4, -0.2) is 59.1 Å². The van der Waals surface area contributed by atoms with E-state index in [0.29, 0.717) is 13.2 Å². The van der Waals surface area contributed by atoms with E-state index in [9.17, 15) is 4.79 Å². The number of aryl methyl sites for hydroxylation is 2. The highest BCUT2D eigenvalue weighted by Crippen LogP contribution is 2.19. The van der Waals surface area contributed by atoms with Crippen LogP contribution in [-0.2, 0) is 11.3 Å². The summed E-state index contributed by atoms with van der Waals surface area (Å²) in [6.07, 6.45) is 5.94. The van der Waals surface area contributed by atoms with Crippen LogP contribution in [0.5, 0.6) is 0 Å². The Morgan fingerprint density at radius 3 is 2.88 bits per heavy atom. The highest BCUT2D eigenvalue weighted by atomic mass is 16.5. The minimum absolute atomic E-state index is 0.0474. The van der Waals surface area contributed by atoms with Gasteiger partial charge in [-0.2, -0.15) is 5.10 Å². The number of likely N-dealkylation sites (tertiary alicyclic amines) is 1. The van der Waals surface area contributed by atoms with Crippen molar-refractivity contribution in [3.8, 4) is 0 Å². The molecule has 2 saturated heterocycles. The molecule has 0 bridgehead atoms. The summed E-state index contributed by atoms with van der Waals surface area (Å²) in [5.74, 6) is 0.761. The number of hydrogen-bond donors (Lipinski definition) is 2. The third-order valence-electron chi connectivity index (χ3n) is 5.09. The van der Waals surface area contributed by atoms with Crippen molar-refractivity contribution in [3.05, 3.63) is 11.8 Å². The molecule has 0 aliphatic carbocycles. The lowest BCUT2D eigenvalue weighted by molar-refractivity contribution is 0.125. The molecule has 3 heterocycles. The second-order valence-corrected chi connectivity index (χ2v) is 7.15. The summed E-state index contributed by atoms with van der Waals surface area (Å²) in [5.41, 5.74) is 0.918. The van der Waals surface area contributed by atoms with Gasteiger partial charge in [0.2, 0.25) is 0 Å². The maximum Gasteiger partial charge on any atom is 0.320 e. The fourth-order valence-corrected chi connectivity index (χ4v) is 3.74. The lowest BCUT2D eigenvalue weighted by Crippen LogP contribution is -2.53. The Labute approximate surface area is 150 Å². The van der Waals surface area contributed by atoms with Crippen molar-refractivity contribution in [2.24, 2.45) is 0 Å². The van der Waals surface area contributed by atoms with Crippen molar-refractivity contribution in [3.63, 3.8) is 0 Å². The molecule has 0 saturated carbocycles. The number of piperidine rings is 1. The van der Waals surface area contributed by atoms with E-state index in [1.165, 1.54) is 19.3 Å². The highest BCUT2D eigenvalue weighted by molar-refractivity contribution is 5.88. The number of nitrogens with one attached hydrogen (secondary N) is 2. The lowest BCUT2D eigenvalue weighted by atomic mass is 10.1. The first-order chi connectivity index (χ1) is 12.2. The zero-order chi connectivity index (χ0) is 17.6. The van der Waals surface area contributed by atoms with Crippen LogP contribution >= 0.6 is 0 Å². The molecule has 7 nitrogen and oxygen atoms in total. The molecule has 0 aromatic carbocycles. The van der Waals surface area contributed by atoms with Crippen molar-refractivity contribution < 1.29 is 9.53 Å². The summed E-state index contributed by atoms with van der Waals surface area (Å²) in [4.78, 5) is 15.0. The van der Waals surface area contributed by atoms with E-state index < -0.39 is 0 Å². The average molecular weight is 349 g/mol. The first-order valence-corrected chi connectivity index (χ1v) is 9.61. The molecule has 7 heteroatoms. The normalized spacial score (nSPS) is 24.4. The first-order valence-electron chi connectivity index (χ1n) is 9.61. The first kappa shape index (κ1) is 18.2. The molecule has 1 aromatic heterocycles. The highest BCUT2D eigenvalue weighted by Gasteiger charge is 2.34. The SMILES string of the molecule is CCCCn1nc(C)cc1NC(=O)N[C@@H]1COC[C@H]1N1CCCCC1. The number of carbonyl (C=O) groups excluding carboxylic acids is 1. The molecule has 2 atom stereocenters. The summed E-state index contributed by atoms with van der Waals surface area (Å²) in [7, 11) is 0. The van der Waals surface area contributed by atoms with Crippen molar-refractivity contribution in [1.82, 2.24) is 20.0 Å². The number of amides is 2. The minimum Gasteiger partial charge on any atom is -0.378 e. The molecule has 25 heavy (non-hydrogen) atoms. The summed E-state index contributed by atoms with van der Waals surface area (Å²) >= 11 is 0. The Kier molecular flexibility index (Phi) is 6.31. The smallest absolute Gasteiger partial charge is 0.320 e. The fourth-order valence-electron chi connectivity index (χ4n) is 3.74. The third-order valence-corrected chi connectivity index (χ3v) is 5.09. The number of unbranched alkanes of at least 4 members (excludes halogenated alkanes) is 1. The Hall–Kier alpha value is -1.60. The molecular weight excluding hydrogens is 318 g/mol. The molecule has 2 N–H and O–H groups in total. The van der Waals surface area contributed by atoms with Gasteiger partial charge in [0.1, 0.15) is 5.82 Å². The molecule has 2 amide bonds. The predicted molar refractivity (Wildman–Crippen MR) is 97.8 cm³/mol. The van der Waals surface area contributed by atoms with Crippen molar-refractivity contribution >= 4 is 11.8 Å². The van der Waals surface area contributed by atoms with Gasteiger partial charge in [-0.3, -0.25) is 10.2 Å². The topological polar surface area (TPSA) is 71.4 Å². The molecule has 0 spiro atoms. The maximum absolute atomic E-state index is 12.5. The van der Waals surface area contributed by atoms with Gasteiger partial charge in [0, 0.05) is 12.6 Å². The van der Waals surface area contributed by atoms with E-state index in [2.05, 4.69) is 27.6 Å². The van der Waals surface area contributed by atoms with Crippen molar-refractivity contribution in [2.45, 2.75) is 64.6 Å². The van der Waals surface area contributed by atoms with Crippen LogP contribution in [0, 0.1) is 6.92 Å². The number of carbonyl (C=O) groups is 1. The van der Waals surface area contributed by atoms with Crippen LogP contribution in [0.2, 0.25) is 0 Å². The Bertz CT molecular complexity index is 568. The van der Waals surface area contributed by atoms with E-state index in [1.54, 1.807) is 0 Å². The van der Waals surface area contributed by atoms with Crippen LogP contribution < -0.4 is 10.6 Å². The van der Waals surface area contributed by atoms with Gasteiger partial charge in [0.15, 0.2) is 0 Å². The van der Waals surface area contributed by atoms with E-state index in [4.69, 9.17) is 4.74 Å². The molecule has 2 fully saturated rings. The van der Waals surface area contributed by atoms with Gasteiger partial charge in [-0.15, -0.1) is 0 Å². The van der Waals surface area contributed by atoms with E-state index in [0.717, 1.165) is 44.0 Å². The van der Waals surface area contributed by atoms with Crippen molar-refractivity contribution in [2.75, 3.05) is 31.6 Å². The number of aromatic nitrogens is 2. The number of urea groups is 1. The van der Waals surface area contributed by atoms with Gasteiger partial charge in [0.25, 0.3) is 0 Å². The van der Waals surface area contributed by atoms with Crippen LogP contribution in [0.4, 0.5) is 10.6 Å². The predicted octanol–water partition coefficient (Wildman–Crippen LogP) is 2.37. The third kappa shape index (κ3) is 4.73. The zero-order valence-corrected chi connectivity index (χ0v) is 15.5. The van der Waals surface area contributed by atoms with E-state index in [-0.39, 0.29) is 18.1 Å². The van der Waals surface area contributed by atoms with Gasteiger partial charge in [-0.25, -0.2) is 9.48 Å². The largest absolute Gasteiger partial charge is 0.378 e. The van der Waals surface area contributed by atoms with Crippen LogP contribution in [0.25, 0.3) is 0 Å². The number of ether oxygens (including phenoxy) is 1. The van der Waals surface area contributed by atoms with Crippen LogP contribution in [0.3, 0.4) is 0 Å². The molecule has 1 aromatic rings. The fraction of sp³-hybridized carbons (Fsp3) is 0.778. The summed E-state index contributed by atoms with van der Waals surface area (Å²) in [5, 5.41) is 10.5. The van der Waals surface area contributed by atoms with Crippen molar-refractivity contribution in [1.29, 1.82) is 0 Å². The summed E-state index contributed by atoms with van der Waals surface area (Å²) in [6.45, 7) is 8.43. The minimum atomic E-state index is -0.171. The van der Waals surface area contributed by atoms with Crippen LogP contribution in [0.1, 0.15) is 44.7 Å². The molecule has 2 aliphatic rings. The summed E-state index contributed by atoms with van der Waals surface area (Å²) < 4.78 is 7.53. The number of nitrogens with zero attached hydrogens (tertiary/aromatic N) is 3. The number of rotatable bonds is 6. The molecule has 140 valence electrons. The Balaban J connectivity index is 1.56. The standard InChI is InChI=1S/C18H31N5O2/c1-3-4-10-23-17(11-14(2)21-23)20-18(24)19-15-12-25-13-16(15)22-8-6-5-7-9-22/h11,15-16H,3-10,12-13H2,1-2H3,(H2,19,20,24)/t15-,16-/m1/s1. The Morgan fingerprint density at radius 1 is 1.32 bits per heavy atom. The maximum atomic E-state index is 12.5. The number of anilines is 1. The molecule has 0 unspecified atom stereocenters. The second-order valence-electron chi connectivity index (χ2n) is 7.15. The van der Waals surface area contributed by atoms with Gasteiger partial charge < -0.3 is 10.1 Å². The molecule has 2 aliphatic heterocycles. The quantitative estimate of drug-likeness (QED) is 0.827. The lowest BCUT2D eigenvalue weighted by Gasteiger charge is -2.34. The van der Waals surface area contributed by atoms with E-state index in [1.807, 2.05) is 17.7 Å². The van der Waals surface area contributed by atoms with Gasteiger partial charge in [-0.1, -0.05) is 19.8 Å².